The number of hydrogen-bond acceptors (Lipinski definition) is 2. The van der Waals surface area contributed by atoms with Gasteiger partial charge < -0.3 is 0 Å². The molecule has 1 aromatic heterocycles. The summed E-state index contributed by atoms with van der Waals surface area (Å²) in [6, 6.07) is 20.2. The van der Waals surface area contributed by atoms with Crippen LogP contribution in [-0.2, 0) is 12.8 Å². The Labute approximate surface area is 167 Å². The molecule has 2 aliphatic rings. The van der Waals surface area contributed by atoms with Gasteiger partial charge in [0.05, 0.1) is 0 Å². The van der Waals surface area contributed by atoms with Crippen molar-refractivity contribution < 1.29 is 0 Å². The molecule has 0 spiro atoms. The van der Waals surface area contributed by atoms with Crippen LogP contribution in [0.4, 0.5) is 11.4 Å². The summed E-state index contributed by atoms with van der Waals surface area (Å²) >= 11 is 0.320. The second-order valence-corrected chi connectivity index (χ2v) is 10.7. The van der Waals surface area contributed by atoms with Crippen LogP contribution >= 0.6 is 0 Å². The molecular formula is C24H24N2Se. The summed E-state index contributed by atoms with van der Waals surface area (Å²) in [5, 5.41) is 0. The molecule has 0 saturated carbocycles. The summed E-state index contributed by atoms with van der Waals surface area (Å²) in [4.78, 5) is 7.62. The number of nitrogens with zero attached hydrogens (tertiary/aromatic N) is 2. The standard InChI is InChI=1S/C24H24N2Se/c1-24(2,3)26-20-11-4-5-12-21(20)27-22-13-7-9-17(23(22)26)19-15-14-16-8-6-10-18(16)25-19/h4-5,7,9,11-15H,6,8,10H2,1-3H3. The van der Waals surface area contributed by atoms with Gasteiger partial charge in [-0.15, -0.1) is 0 Å². The van der Waals surface area contributed by atoms with Gasteiger partial charge in [-0.2, -0.15) is 0 Å². The minimum atomic E-state index is -0.00577. The van der Waals surface area contributed by atoms with E-state index in [1.165, 1.54) is 50.0 Å². The average molecular weight is 419 g/mol. The zero-order chi connectivity index (χ0) is 18.6. The van der Waals surface area contributed by atoms with E-state index < -0.39 is 0 Å². The van der Waals surface area contributed by atoms with E-state index in [0.29, 0.717) is 15.0 Å². The Morgan fingerprint density at radius 2 is 1.70 bits per heavy atom. The Bertz CT molecular complexity index is 1030. The quantitative estimate of drug-likeness (QED) is 0.551. The Balaban J connectivity index is 1.74. The summed E-state index contributed by atoms with van der Waals surface area (Å²) in [6.07, 6.45) is 3.54. The molecule has 2 heterocycles. The summed E-state index contributed by atoms with van der Waals surface area (Å²) in [6.45, 7) is 6.91. The third kappa shape index (κ3) is 2.81. The van der Waals surface area contributed by atoms with E-state index in [4.69, 9.17) is 4.98 Å². The predicted molar refractivity (Wildman–Crippen MR) is 115 cm³/mol. The van der Waals surface area contributed by atoms with Crippen molar-refractivity contribution in [1.82, 2.24) is 4.98 Å². The number of pyridine rings is 1. The van der Waals surface area contributed by atoms with E-state index in [-0.39, 0.29) is 5.54 Å². The van der Waals surface area contributed by atoms with Crippen LogP contribution in [0.15, 0.2) is 54.6 Å². The van der Waals surface area contributed by atoms with E-state index in [1.54, 1.807) is 0 Å². The molecule has 3 heteroatoms. The molecule has 0 amide bonds. The third-order valence-corrected chi connectivity index (χ3v) is 7.76. The van der Waals surface area contributed by atoms with Crippen LogP contribution in [0.1, 0.15) is 38.4 Å². The molecule has 2 nitrogen and oxygen atoms in total. The summed E-state index contributed by atoms with van der Waals surface area (Å²) < 4.78 is 2.92. The first-order chi connectivity index (χ1) is 13.0. The number of para-hydroxylation sites is 2. The molecule has 0 saturated heterocycles. The van der Waals surface area contributed by atoms with Crippen molar-refractivity contribution in [3.05, 3.63) is 65.9 Å². The van der Waals surface area contributed by atoms with Crippen LogP contribution in [0.3, 0.4) is 0 Å². The molecule has 2 aromatic carbocycles. The summed E-state index contributed by atoms with van der Waals surface area (Å²) in [5.74, 6) is 0. The van der Waals surface area contributed by atoms with Crippen LogP contribution in [0.25, 0.3) is 11.3 Å². The first kappa shape index (κ1) is 17.0. The van der Waals surface area contributed by atoms with Crippen molar-refractivity contribution in [2.45, 2.75) is 45.6 Å². The number of aromatic nitrogens is 1. The van der Waals surface area contributed by atoms with Gasteiger partial charge in [-0.05, 0) is 0 Å². The van der Waals surface area contributed by atoms with Gasteiger partial charge in [0, 0.05) is 0 Å². The third-order valence-electron chi connectivity index (χ3n) is 5.42. The Kier molecular flexibility index (Phi) is 3.93. The molecule has 0 radical (unpaired) electrons. The minimum absolute atomic E-state index is 0.00577. The predicted octanol–water partition coefficient (Wildman–Crippen LogP) is 4.14. The van der Waals surface area contributed by atoms with Crippen molar-refractivity contribution in [3.8, 4) is 11.3 Å². The molecule has 0 unspecified atom stereocenters. The number of fused-ring (bicyclic) bond motifs is 3. The first-order valence-electron chi connectivity index (χ1n) is 9.72. The fourth-order valence-corrected chi connectivity index (χ4v) is 6.57. The Morgan fingerprint density at radius 3 is 2.56 bits per heavy atom. The van der Waals surface area contributed by atoms with Gasteiger partial charge in [-0.25, -0.2) is 0 Å². The van der Waals surface area contributed by atoms with Crippen molar-refractivity contribution in [1.29, 1.82) is 0 Å². The second kappa shape index (κ2) is 6.22. The maximum atomic E-state index is 5.08. The summed E-state index contributed by atoms with van der Waals surface area (Å²) in [7, 11) is 0. The van der Waals surface area contributed by atoms with E-state index in [9.17, 15) is 0 Å². The van der Waals surface area contributed by atoms with Crippen LogP contribution in [0.2, 0.25) is 0 Å². The van der Waals surface area contributed by atoms with Crippen LogP contribution in [-0.4, -0.2) is 25.5 Å². The number of benzene rings is 2. The van der Waals surface area contributed by atoms with Gasteiger partial charge in [0.25, 0.3) is 0 Å². The molecule has 3 aromatic rings. The molecule has 0 atom stereocenters. The fourth-order valence-electron chi connectivity index (χ4n) is 4.28. The number of rotatable bonds is 1. The number of hydrogen-bond donors (Lipinski definition) is 0. The normalized spacial score (nSPS) is 15.3. The zero-order valence-corrected chi connectivity index (χ0v) is 17.8. The molecule has 0 bridgehead atoms. The van der Waals surface area contributed by atoms with E-state index in [2.05, 4.69) is 80.3 Å². The Hall–Kier alpha value is -2.09. The monoisotopic (exact) mass is 420 g/mol. The molecule has 1 aliphatic heterocycles. The van der Waals surface area contributed by atoms with Crippen molar-refractivity contribution >= 4 is 35.3 Å². The molecule has 0 fully saturated rings. The number of aryl methyl sites for hydroxylation is 2. The topological polar surface area (TPSA) is 16.1 Å². The molecule has 136 valence electrons. The van der Waals surface area contributed by atoms with Crippen LogP contribution in [0.5, 0.6) is 0 Å². The van der Waals surface area contributed by atoms with Crippen LogP contribution in [0, 0.1) is 0 Å². The molecule has 5 rings (SSSR count). The number of anilines is 2. The van der Waals surface area contributed by atoms with Crippen molar-refractivity contribution in [3.63, 3.8) is 0 Å². The van der Waals surface area contributed by atoms with Gasteiger partial charge >= 0.3 is 168 Å². The molecule has 0 N–H and O–H groups in total. The molecule has 1 aliphatic carbocycles. The fraction of sp³-hybridized carbons (Fsp3) is 0.292. The average Bonchev–Trinajstić information content (AvgIpc) is 3.12. The van der Waals surface area contributed by atoms with Gasteiger partial charge in [-0.3, -0.25) is 0 Å². The summed E-state index contributed by atoms with van der Waals surface area (Å²) in [5.41, 5.74) is 7.83. The van der Waals surface area contributed by atoms with Gasteiger partial charge in [0.15, 0.2) is 0 Å². The van der Waals surface area contributed by atoms with Crippen molar-refractivity contribution in [2.75, 3.05) is 4.90 Å². The zero-order valence-electron chi connectivity index (χ0n) is 16.1. The molecule has 27 heavy (non-hydrogen) atoms. The first-order valence-corrected chi connectivity index (χ1v) is 11.4. The van der Waals surface area contributed by atoms with Crippen molar-refractivity contribution in [2.24, 2.45) is 0 Å². The van der Waals surface area contributed by atoms with E-state index >= 15 is 0 Å². The van der Waals surface area contributed by atoms with Crippen LogP contribution < -0.4 is 13.8 Å². The molecular weight excluding hydrogens is 395 g/mol. The second-order valence-electron chi connectivity index (χ2n) is 8.38. The van der Waals surface area contributed by atoms with Gasteiger partial charge in [0.2, 0.25) is 0 Å². The Morgan fingerprint density at radius 1 is 0.889 bits per heavy atom. The van der Waals surface area contributed by atoms with E-state index in [0.717, 1.165) is 12.1 Å². The van der Waals surface area contributed by atoms with Gasteiger partial charge in [-0.1, -0.05) is 0 Å². The van der Waals surface area contributed by atoms with E-state index in [1.807, 2.05) is 0 Å². The van der Waals surface area contributed by atoms with Gasteiger partial charge in [0.1, 0.15) is 0 Å². The maximum absolute atomic E-state index is 5.08. The SMILES string of the molecule is CC(C)(C)N1c2ccccc2[Se]c2cccc(-c3ccc4c(n3)CCC4)c21.